The van der Waals surface area contributed by atoms with E-state index in [1.165, 1.54) is 0 Å². The molecule has 3 nitrogen and oxygen atoms in total. The molecule has 0 saturated heterocycles. The van der Waals surface area contributed by atoms with Crippen molar-refractivity contribution in [1.29, 1.82) is 0 Å². The van der Waals surface area contributed by atoms with E-state index in [0.717, 1.165) is 22.3 Å². The Hall–Kier alpha value is -0.520. The second-order valence-electron chi connectivity index (χ2n) is 2.98. The second kappa shape index (κ2) is 3.69. The van der Waals surface area contributed by atoms with Crippen LogP contribution < -0.4 is 9.47 Å². The topological polar surface area (TPSA) is 31.4 Å². The summed E-state index contributed by atoms with van der Waals surface area (Å²) in [5.74, 6) is 1.52. The highest BCUT2D eigenvalue weighted by Gasteiger charge is 2.25. The summed E-state index contributed by atoms with van der Waals surface area (Å²) in [5, 5.41) is 0. The van der Waals surface area contributed by atoms with Gasteiger partial charge < -0.3 is 9.47 Å². The molecule has 1 aliphatic rings. The van der Waals surface area contributed by atoms with Crippen LogP contribution in [-0.4, -0.2) is 18.2 Å². The highest BCUT2D eigenvalue weighted by Crippen LogP contribution is 2.33. The Morgan fingerprint density at radius 1 is 1.46 bits per heavy atom. The first-order valence-electron chi connectivity index (χ1n) is 4.16. The number of halogens is 1. The molecule has 1 aromatic heterocycles. The SMILES string of the molecule is COc1cnc(I)cc1OC1CC1. The first-order valence-corrected chi connectivity index (χ1v) is 5.23. The fraction of sp³-hybridized carbons (Fsp3) is 0.444. The van der Waals surface area contributed by atoms with E-state index in [0.29, 0.717) is 11.9 Å². The van der Waals surface area contributed by atoms with E-state index < -0.39 is 0 Å². The van der Waals surface area contributed by atoms with E-state index in [4.69, 9.17) is 9.47 Å². The molecule has 0 aliphatic heterocycles. The standard InChI is InChI=1S/C9H10INO2/c1-12-8-5-11-9(10)4-7(8)13-6-2-3-6/h4-6H,2-3H2,1H3. The van der Waals surface area contributed by atoms with Gasteiger partial charge in [-0.25, -0.2) is 4.98 Å². The van der Waals surface area contributed by atoms with Crippen LogP contribution in [0.3, 0.4) is 0 Å². The summed E-state index contributed by atoms with van der Waals surface area (Å²) < 4.78 is 11.7. The lowest BCUT2D eigenvalue weighted by molar-refractivity contribution is 0.281. The largest absolute Gasteiger partial charge is 0.491 e. The number of ether oxygens (including phenoxy) is 2. The van der Waals surface area contributed by atoms with Gasteiger partial charge in [0.2, 0.25) is 0 Å². The van der Waals surface area contributed by atoms with Crippen LogP contribution in [0.2, 0.25) is 0 Å². The molecule has 70 valence electrons. The van der Waals surface area contributed by atoms with Crippen molar-refractivity contribution in [2.75, 3.05) is 7.11 Å². The molecule has 0 atom stereocenters. The minimum atomic E-state index is 0.395. The van der Waals surface area contributed by atoms with Gasteiger partial charge in [0.15, 0.2) is 11.5 Å². The average Bonchev–Trinajstić information content (AvgIpc) is 2.89. The molecule has 1 fully saturated rings. The smallest absolute Gasteiger partial charge is 0.179 e. The molecule has 1 heterocycles. The maximum atomic E-state index is 5.66. The van der Waals surface area contributed by atoms with Crippen LogP contribution in [0.5, 0.6) is 11.5 Å². The van der Waals surface area contributed by atoms with Gasteiger partial charge in [-0.3, -0.25) is 0 Å². The normalized spacial score (nSPS) is 15.5. The van der Waals surface area contributed by atoms with E-state index in [1.54, 1.807) is 13.3 Å². The lowest BCUT2D eigenvalue weighted by Gasteiger charge is -2.08. The molecule has 1 aromatic rings. The Kier molecular flexibility index (Phi) is 2.57. The van der Waals surface area contributed by atoms with Gasteiger partial charge in [0.1, 0.15) is 3.70 Å². The van der Waals surface area contributed by atoms with Crippen molar-refractivity contribution in [3.05, 3.63) is 16.0 Å². The Morgan fingerprint density at radius 3 is 2.85 bits per heavy atom. The molecule has 0 aromatic carbocycles. The summed E-state index contributed by atoms with van der Waals surface area (Å²) in [6.45, 7) is 0. The number of hydrogen-bond acceptors (Lipinski definition) is 3. The van der Waals surface area contributed by atoms with Crippen molar-refractivity contribution in [2.45, 2.75) is 18.9 Å². The van der Waals surface area contributed by atoms with Gasteiger partial charge >= 0.3 is 0 Å². The van der Waals surface area contributed by atoms with Crippen molar-refractivity contribution >= 4 is 22.6 Å². The predicted molar refractivity (Wildman–Crippen MR) is 57.2 cm³/mol. The minimum Gasteiger partial charge on any atom is -0.491 e. The molecule has 0 amide bonds. The van der Waals surface area contributed by atoms with Gasteiger partial charge in [-0.05, 0) is 35.4 Å². The van der Waals surface area contributed by atoms with Gasteiger partial charge in [-0.1, -0.05) is 0 Å². The molecule has 0 spiro atoms. The fourth-order valence-electron chi connectivity index (χ4n) is 1.01. The molecule has 13 heavy (non-hydrogen) atoms. The number of nitrogens with zero attached hydrogens (tertiary/aromatic N) is 1. The second-order valence-corrected chi connectivity index (χ2v) is 4.08. The van der Waals surface area contributed by atoms with Crippen molar-refractivity contribution in [3.63, 3.8) is 0 Å². The highest BCUT2D eigenvalue weighted by atomic mass is 127. The van der Waals surface area contributed by atoms with Crippen LogP contribution in [0.15, 0.2) is 12.3 Å². The summed E-state index contributed by atoms with van der Waals surface area (Å²) in [6.07, 6.45) is 4.40. The molecule has 0 unspecified atom stereocenters. The summed E-state index contributed by atoms with van der Waals surface area (Å²) in [7, 11) is 1.63. The number of pyridine rings is 1. The van der Waals surface area contributed by atoms with Crippen LogP contribution in [0.25, 0.3) is 0 Å². The third-order valence-corrected chi connectivity index (χ3v) is 2.43. The zero-order chi connectivity index (χ0) is 9.26. The van der Waals surface area contributed by atoms with Crippen molar-refractivity contribution < 1.29 is 9.47 Å². The Balaban J connectivity index is 2.22. The molecular weight excluding hydrogens is 281 g/mol. The third kappa shape index (κ3) is 2.24. The highest BCUT2D eigenvalue weighted by molar-refractivity contribution is 14.1. The maximum Gasteiger partial charge on any atom is 0.179 e. The van der Waals surface area contributed by atoms with Crippen LogP contribution in [0.4, 0.5) is 0 Å². The van der Waals surface area contributed by atoms with E-state index in [-0.39, 0.29) is 0 Å². The molecule has 0 bridgehead atoms. The maximum absolute atomic E-state index is 5.66. The van der Waals surface area contributed by atoms with E-state index in [9.17, 15) is 0 Å². The number of rotatable bonds is 3. The fourth-order valence-corrected chi connectivity index (χ4v) is 1.43. The van der Waals surface area contributed by atoms with Crippen molar-refractivity contribution in [1.82, 2.24) is 4.98 Å². The minimum absolute atomic E-state index is 0.395. The van der Waals surface area contributed by atoms with Crippen LogP contribution in [0.1, 0.15) is 12.8 Å². The van der Waals surface area contributed by atoms with Gasteiger partial charge in [0.25, 0.3) is 0 Å². The zero-order valence-electron chi connectivity index (χ0n) is 7.29. The van der Waals surface area contributed by atoms with Gasteiger partial charge in [-0.15, -0.1) is 0 Å². The monoisotopic (exact) mass is 291 g/mol. The lowest BCUT2D eigenvalue weighted by Crippen LogP contribution is -1.99. The zero-order valence-corrected chi connectivity index (χ0v) is 9.45. The first kappa shape index (κ1) is 9.05. The first-order chi connectivity index (χ1) is 6.29. The molecule has 0 radical (unpaired) electrons. The lowest BCUT2D eigenvalue weighted by atomic mass is 10.4. The summed E-state index contributed by atoms with van der Waals surface area (Å²) >= 11 is 2.16. The van der Waals surface area contributed by atoms with Gasteiger partial charge in [0.05, 0.1) is 19.4 Å². The number of aromatic nitrogens is 1. The molecular formula is C9H10INO2. The van der Waals surface area contributed by atoms with E-state index in [1.807, 2.05) is 6.07 Å². The van der Waals surface area contributed by atoms with Crippen LogP contribution >= 0.6 is 22.6 Å². The van der Waals surface area contributed by atoms with E-state index >= 15 is 0 Å². The van der Waals surface area contributed by atoms with Crippen molar-refractivity contribution in [3.8, 4) is 11.5 Å². The number of hydrogen-bond donors (Lipinski definition) is 0. The molecule has 2 rings (SSSR count). The Bertz CT molecular complexity index is 312. The summed E-state index contributed by atoms with van der Waals surface area (Å²) in [5.41, 5.74) is 0. The molecule has 1 saturated carbocycles. The van der Waals surface area contributed by atoms with Gasteiger partial charge in [0, 0.05) is 6.07 Å². The summed E-state index contributed by atoms with van der Waals surface area (Å²) in [4.78, 5) is 4.12. The van der Waals surface area contributed by atoms with Crippen LogP contribution in [-0.2, 0) is 0 Å². The number of methoxy groups -OCH3 is 1. The Labute approximate surface area is 90.6 Å². The van der Waals surface area contributed by atoms with E-state index in [2.05, 4.69) is 27.6 Å². The molecule has 1 aliphatic carbocycles. The Morgan fingerprint density at radius 2 is 2.23 bits per heavy atom. The quantitative estimate of drug-likeness (QED) is 0.632. The summed E-state index contributed by atoms with van der Waals surface area (Å²) in [6, 6.07) is 1.90. The van der Waals surface area contributed by atoms with Crippen molar-refractivity contribution in [2.24, 2.45) is 0 Å². The third-order valence-electron chi connectivity index (χ3n) is 1.84. The van der Waals surface area contributed by atoms with Crippen LogP contribution in [0, 0.1) is 3.70 Å². The molecule has 0 N–H and O–H groups in total. The average molecular weight is 291 g/mol. The predicted octanol–water partition coefficient (Wildman–Crippen LogP) is 2.24. The molecule has 4 heteroatoms. The van der Waals surface area contributed by atoms with Gasteiger partial charge in [-0.2, -0.15) is 0 Å².